The molecule has 5 rings (SSSR count). The van der Waals surface area contributed by atoms with Crippen molar-refractivity contribution < 1.29 is 8.42 Å². The van der Waals surface area contributed by atoms with E-state index in [1.54, 1.807) is 0 Å². The van der Waals surface area contributed by atoms with Crippen molar-refractivity contribution in [3.8, 4) is 21.7 Å². The molecule has 1 aromatic carbocycles. The van der Waals surface area contributed by atoms with Crippen LogP contribution in [0.3, 0.4) is 0 Å². The summed E-state index contributed by atoms with van der Waals surface area (Å²) in [7, 11) is -3.77. The topological polar surface area (TPSA) is 89.8 Å². The molecule has 0 atom stereocenters. The van der Waals surface area contributed by atoms with E-state index in [1.165, 1.54) is 11.3 Å². The average Bonchev–Trinajstić information content (AvgIpc) is 3.47. The minimum absolute atomic E-state index is 0.264. The molecule has 4 heterocycles. The zero-order valence-corrected chi connectivity index (χ0v) is 24.7. The van der Waals surface area contributed by atoms with Crippen LogP contribution in [0.2, 0.25) is 0 Å². The van der Waals surface area contributed by atoms with Gasteiger partial charge in [-0.25, -0.2) is 23.1 Å². The molecule has 0 fully saturated rings. The molecule has 39 heavy (non-hydrogen) atoms. The molecular formula is C30H33N5O2S2. The van der Waals surface area contributed by atoms with Crippen molar-refractivity contribution in [3.63, 3.8) is 0 Å². The quantitative estimate of drug-likeness (QED) is 0.245. The summed E-state index contributed by atoms with van der Waals surface area (Å²) in [4.78, 5) is 15.2. The summed E-state index contributed by atoms with van der Waals surface area (Å²) in [6, 6.07) is 17.7. The fraction of sp³-hybridized carbons (Fsp3) is 0.300. The van der Waals surface area contributed by atoms with Gasteiger partial charge >= 0.3 is 0 Å². The highest BCUT2D eigenvalue weighted by Gasteiger charge is 2.28. The summed E-state index contributed by atoms with van der Waals surface area (Å²) in [6.45, 7) is 12.3. The van der Waals surface area contributed by atoms with Crippen LogP contribution in [0, 0.1) is 13.8 Å². The third-order valence-corrected chi connectivity index (χ3v) is 9.78. The lowest BCUT2D eigenvalue weighted by atomic mass is 10.1. The smallest absolute Gasteiger partial charge is 0.251 e. The van der Waals surface area contributed by atoms with Gasteiger partial charge in [0.15, 0.2) is 5.65 Å². The monoisotopic (exact) mass is 559 g/mol. The number of aromatic nitrogens is 4. The molecule has 0 aliphatic carbocycles. The Morgan fingerprint density at radius 1 is 1.00 bits per heavy atom. The second kappa shape index (κ2) is 10.3. The lowest BCUT2D eigenvalue weighted by molar-refractivity contribution is 0.493. The first kappa shape index (κ1) is 27.2. The van der Waals surface area contributed by atoms with Gasteiger partial charge in [-0.15, -0.1) is 11.3 Å². The van der Waals surface area contributed by atoms with E-state index in [1.807, 2.05) is 82.4 Å². The van der Waals surface area contributed by atoms with E-state index in [0.717, 1.165) is 50.7 Å². The number of nitrogens with zero attached hydrogens (tertiary/aromatic N) is 4. The molecule has 0 unspecified atom stereocenters. The number of hydrogen-bond donors (Lipinski definition) is 1. The normalized spacial score (nSPS) is 12.4. The van der Waals surface area contributed by atoms with Crippen molar-refractivity contribution in [3.05, 3.63) is 83.4 Å². The summed E-state index contributed by atoms with van der Waals surface area (Å²) >= 11 is 1.26. The van der Waals surface area contributed by atoms with Gasteiger partial charge in [-0.05, 0) is 69.5 Å². The number of fused-ring (bicyclic) bond motifs is 1. The van der Waals surface area contributed by atoms with E-state index < -0.39 is 15.6 Å². The van der Waals surface area contributed by atoms with Gasteiger partial charge in [-0.1, -0.05) is 43.3 Å². The van der Waals surface area contributed by atoms with E-state index >= 15 is 0 Å². The summed E-state index contributed by atoms with van der Waals surface area (Å²) in [5, 5.41) is 0. The minimum atomic E-state index is -3.77. The van der Waals surface area contributed by atoms with Gasteiger partial charge in [0.05, 0.1) is 12.2 Å². The van der Waals surface area contributed by atoms with Crippen LogP contribution in [0.5, 0.6) is 0 Å². The van der Waals surface area contributed by atoms with Crippen LogP contribution in [0.1, 0.15) is 50.3 Å². The van der Waals surface area contributed by atoms with Gasteiger partial charge in [-0.2, -0.15) is 0 Å². The lowest BCUT2D eigenvalue weighted by Gasteiger charge is -2.20. The molecule has 5 aromatic rings. The predicted octanol–water partition coefficient (Wildman–Crippen LogP) is 6.53. The van der Waals surface area contributed by atoms with Crippen LogP contribution < -0.4 is 4.72 Å². The number of nitrogens with one attached hydrogen (secondary N) is 1. The van der Waals surface area contributed by atoms with Crippen LogP contribution in [-0.4, -0.2) is 33.5 Å². The highest BCUT2D eigenvalue weighted by atomic mass is 32.2. The first-order chi connectivity index (χ1) is 18.4. The molecular weight excluding hydrogens is 526 g/mol. The largest absolute Gasteiger partial charge is 0.308 e. The number of rotatable bonds is 7. The second-order valence-corrected chi connectivity index (χ2v) is 13.7. The molecule has 0 amide bonds. The molecule has 0 saturated carbocycles. The Balaban J connectivity index is 1.54. The average molecular weight is 560 g/mol. The SMILES string of the molecule is CCc1nc2c(C)cc(C)nc2n1Cc1ccc(-c2cc(-c3ccccc3)sc2S(=O)(=O)NC(C)(C)C)nc1. The van der Waals surface area contributed by atoms with Crippen LogP contribution in [-0.2, 0) is 23.0 Å². The first-order valence-electron chi connectivity index (χ1n) is 13.0. The number of imidazole rings is 1. The van der Waals surface area contributed by atoms with Gasteiger partial charge in [0.25, 0.3) is 10.0 Å². The highest BCUT2D eigenvalue weighted by Crippen LogP contribution is 2.40. The van der Waals surface area contributed by atoms with Crippen molar-refractivity contribution in [1.29, 1.82) is 0 Å². The van der Waals surface area contributed by atoms with Crippen molar-refractivity contribution in [2.45, 2.75) is 64.3 Å². The molecule has 0 bridgehead atoms. The Labute approximate surface area is 234 Å². The van der Waals surface area contributed by atoms with E-state index in [2.05, 4.69) is 29.2 Å². The van der Waals surface area contributed by atoms with Gasteiger partial charge in [0.1, 0.15) is 15.6 Å². The number of benzene rings is 1. The van der Waals surface area contributed by atoms with E-state index in [0.29, 0.717) is 17.8 Å². The zero-order valence-electron chi connectivity index (χ0n) is 23.1. The molecule has 0 aliphatic rings. The second-order valence-electron chi connectivity index (χ2n) is 10.8. The van der Waals surface area contributed by atoms with Gasteiger partial charge in [-0.3, -0.25) is 4.98 Å². The third kappa shape index (κ3) is 5.66. The van der Waals surface area contributed by atoms with E-state index in [9.17, 15) is 8.42 Å². The van der Waals surface area contributed by atoms with Crippen LogP contribution in [0.15, 0.2) is 65.0 Å². The maximum atomic E-state index is 13.5. The first-order valence-corrected chi connectivity index (χ1v) is 15.3. The standard InChI is InChI=1S/C30H33N5O2S2/c1-7-26-33-27-19(2)15-20(3)32-28(27)35(26)18-21-13-14-24(31-17-21)23-16-25(22-11-9-8-10-12-22)38-29(23)39(36,37)34-30(4,5)6/h8-17,34H,7,18H2,1-6H3. The van der Waals surface area contributed by atoms with E-state index in [-0.39, 0.29) is 4.21 Å². The fourth-order valence-electron chi connectivity index (χ4n) is 4.69. The number of thiophene rings is 1. The summed E-state index contributed by atoms with van der Waals surface area (Å²) in [6.07, 6.45) is 2.61. The number of sulfonamides is 1. The molecule has 1 N–H and O–H groups in total. The lowest BCUT2D eigenvalue weighted by Crippen LogP contribution is -2.40. The Bertz CT molecular complexity index is 1750. The van der Waals surface area contributed by atoms with Crippen LogP contribution in [0.25, 0.3) is 32.9 Å². The molecule has 4 aromatic heterocycles. The Morgan fingerprint density at radius 2 is 1.74 bits per heavy atom. The van der Waals surface area contributed by atoms with Gasteiger partial charge < -0.3 is 4.57 Å². The molecule has 202 valence electrons. The minimum Gasteiger partial charge on any atom is -0.308 e. The Kier molecular flexibility index (Phi) is 7.17. The zero-order chi connectivity index (χ0) is 27.9. The number of pyridine rings is 2. The van der Waals surface area contributed by atoms with Gasteiger partial charge in [0, 0.05) is 34.3 Å². The van der Waals surface area contributed by atoms with Crippen LogP contribution >= 0.6 is 11.3 Å². The molecule has 9 heteroatoms. The Hall–Kier alpha value is -3.40. The van der Waals surface area contributed by atoms with Crippen molar-refractivity contribution in [2.24, 2.45) is 0 Å². The van der Waals surface area contributed by atoms with Crippen molar-refractivity contribution in [2.75, 3.05) is 0 Å². The highest BCUT2D eigenvalue weighted by molar-refractivity contribution is 7.91. The van der Waals surface area contributed by atoms with Gasteiger partial charge in [0.2, 0.25) is 0 Å². The number of aryl methyl sites for hydroxylation is 3. The summed E-state index contributed by atoms with van der Waals surface area (Å²) < 4.78 is 32.2. The molecule has 0 radical (unpaired) electrons. The summed E-state index contributed by atoms with van der Waals surface area (Å²) in [5.41, 5.74) is 6.43. The maximum Gasteiger partial charge on any atom is 0.251 e. The van der Waals surface area contributed by atoms with Crippen LogP contribution in [0.4, 0.5) is 0 Å². The maximum absolute atomic E-state index is 13.5. The molecule has 0 spiro atoms. The van der Waals surface area contributed by atoms with Crippen molar-refractivity contribution >= 4 is 32.5 Å². The fourth-order valence-corrected chi connectivity index (χ4v) is 7.78. The molecule has 7 nitrogen and oxygen atoms in total. The third-order valence-electron chi connectivity index (χ3n) is 6.30. The van der Waals surface area contributed by atoms with Crippen molar-refractivity contribution in [1.82, 2.24) is 24.2 Å². The number of hydrogen-bond acceptors (Lipinski definition) is 6. The molecule has 0 aliphatic heterocycles. The predicted molar refractivity (Wildman–Crippen MR) is 159 cm³/mol. The molecule has 0 saturated heterocycles. The van der Waals surface area contributed by atoms with E-state index in [4.69, 9.17) is 15.0 Å². The summed E-state index contributed by atoms with van der Waals surface area (Å²) in [5.74, 6) is 0.974. The Morgan fingerprint density at radius 3 is 2.38 bits per heavy atom.